The topological polar surface area (TPSA) is 58.6 Å². The van der Waals surface area contributed by atoms with Crippen LogP contribution in [-0.4, -0.2) is 48.6 Å². The van der Waals surface area contributed by atoms with Crippen molar-refractivity contribution in [3.05, 3.63) is 40.9 Å². The lowest BCUT2D eigenvalue weighted by Crippen LogP contribution is -2.54. The molecule has 0 spiro atoms. The molecular formula is C20H25ClN2O3. The Hall–Kier alpha value is -1.85. The van der Waals surface area contributed by atoms with Gasteiger partial charge in [-0.25, -0.2) is 0 Å². The highest BCUT2D eigenvalue weighted by atomic mass is 35.5. The summed E-state index contributed by atoms with van der Waals surface area (Å²) in [7, 11) is 0. The average molecular weight is 377 g/mol. The van der Waals surface area contributed by atoms with Crippen LogP contribution in [0.2, 0.25) is 5.02 Å². The summed E-state index contributed by atoms with van der Waals surface area (Å²) in [5.74, 6) is -0.156. The van der Waals surface area contributed by atoms with Crippen LogP contribution in [0.3, 0.4) is 0 Å². The van der Waals surface area contributed by atoms with Gasteiger partial charge in [-0.3, -0.25) is 9.59 Å². The molecule has 3 rings (SSSR count). The Morgan fingerprint density at radius 2 is 1.85 bits per heavy atom. The second-order valence-corrected chi connectivity index (χ2v) is 7.26. The van der Waals surface area contributed by atoms with Crippen LogP contribution < -0.4 is 5.32 Å². The Bertz CT molecular complexity index is 654. The van der Waals surface area contributed by atoms with Crippen molar-refractivity contribution in [2.24, 2.45) is 0 Å². The number of hydrogen-bond acceptors (Lipinski definition) is 3. The number of carbonyl (C=O) groups is 2. The van der Waals surface area contributed by atoms with E-state index in [0.29, 0.717) is 24.8 Å². The van der Waals surface area contributed by atoms with Crippen molar-refractivity contribution in [2.45, 2.75) is 44.2 Å². The van der Waals surface area contributed by atoms with E-state index in [1.807, 2.05) is 12.1 Å². The summed E-state index contributed by atoms with van der Waals surface area (Å²) < 4.78 is 5.33. The van der Waals surface area contributed by atoms with E-state index in [9.17, 15) is 9.59 Å². The smallest absolute Gasteiger partial charge is 0.247 e. The fourth-order valence-electron chi connectivity index (χ4n) is 3.44. The van der Waals surface area contributed by atoms with Crippen molar-refractivity contribution in [1.82, 2.24) is 10.2 Å². The molecule has 2 saturated heterocycles. The van der Waals surface area contributed by atoms with E-state index in [-0.39, 0.29) is 23.9 Å². The predicted molar refractivity (Wildman–Crippen MR) is 102 cm³/mol. The number of ether oxygens (including phenoxy) is 1. The van der Waals surface area contributed by atoms with Crippen molar-refractivity contribution < 1.29 is 14.3 Å². The van der Waals surface area contributed by atoms with Gasteiger partial charge in [-0.1, -0.05) is 23.7 Å². The Balaban J connectivity index is 1.62. The molecule has 2 aliphatic rings. The van der Waals surface area contributed by atoms with E-state index in [1.54, 1.807) is 29.2 Å². The van der Waals surface area contributed by atoms with Crippen LogP contribution in [0.4, 0.5) is 0 Å². The largest absolute Gasteiger partial charge is 0.381 e. The highest BCUT2D eigenvalue weighted by Crippen LogP contribution is 2.19. The standard InChI is InChI=1S/C20H25ClN2O3/c21-16-7-4-15(5-8-16)6-9-19(24)23-12-2-1-3-18(23)20(25)22-17-10-13-26-14-11-17/h4-9,17-18H,1-3,10-14H2,(H,22,25). The molecule has 5 nitrogen and oxygen atoms in total. The fraction of sp³-hybridized carbons (Fsp3) is 0.500. The lowest BCUT2D eigenvalue weighted by molar-refractivity contribution is -0.139. The molecule has 1 aromatic carbocycles. The number of halogens is 1. The molecule has 0 radical (unpaired) electrons. The number of rotatable bonds is 4. The summed E-state index contributed by atoms with van der Waals surface area (Å²) in [5.41, 5.74) is 0.906. The molecule has 1 atom stereocenters. The molecule has 6 heteroatoms. The first kappa shape index (κ1) is 18.9. The summed E-state index contributed by atoms with van der Waals surface area (Å²) in [6.07, 6.45) is 7.60. The number of likely N-dealkylation sites (tertiary alicyclic amines) is 1. The molecule has 0 aromatic heterocycles. The Kier molecular flexibility index (Phi) is 6.69. The maximum atomic E-state index is 12.7. The van der Waals surface area contributed by atoms with E-state index < -0.39 is 0 Å². The molecule has 1 aromatic rings. The molecule has 0 aliphatic carbocycles. The maximum absolute atomic E-state index is 12.7. The SMILES string of the molecule is O=C(NC1CCOCC1)C1CCCCN1C(=O)C=Cc1ccc(Cl)cc1. The van der Waals surface area contributed by atoms with Crippen LogP contribution in [0, 0.1) is 0 Å². The van der Waals surface area contributed by atoms with E-state index in [2.05, 4.69) is 5.32 Å². The molecule has 2 aliphatic heterocycles. The number of hydrogen-bond donors (Lipinski definition) is 1. The van der Waals surface area contributed by atoms with Crippen LogP contribution in [0.5, 0.6) is 0 Å². The second-order valence-electron chi connectivity index (χ2n) is 6.82. The van der Waals surface area contributed by atoms with Crippen LogP contribution in [-0.2, 0) is 14.3 Å². The Morgan fingerprint density at radius 1 is 1.12 bits per heavy atom. The van der Waals surface area contributed by atoms with Crippen LogP contribution in [0.1, 0.15) is 37.7 Å². The maximum Gasteiger partial charge on any atom is 0.247 e. The normalized spacial score (nSPS) is 21.7. The number of nitrogens with one attached hydrogen (secondary N) is 1. The molecule has 1 N–H and O–H groups in total. The van der Waals surface area contributed by atoms with Crippen molar-refractivity contribution in [3.8, 4) is 0 Å². The second kappa shape index (κ2) is 9.19. The summed E-state index contributed by atoms with van der Waals surface area (Å²) in [4.78, 5) is 27.1. The van der Waals surface area contributed by atoms with Crippen LogP contribution in [0.15, 0.2) is 30.3 Å². The molecule has 0 saturated carbocycles. The fourth-order valence-corrected chi connectivity index (χ4v) is 3.57. The lowest BCUT2D eigenvalue weighted by Gasteiger charge is -2.35. The number of nitrogens with zero attached hydrogens (tertiary/aromatic N) is 1. The number of piperidine rings is 1. The summed E-state index contributed by atoms with van der Waals surface area (Å²) in [6.45, 7) is 1.99. The van der Waals surface area contributed by atoms with Gasteiger partial charge < -0.3 is 15.0 Å². The molecule has 140 valence electrons. The number of benzene rings is 1. The quantitative estimate of drug-likeness (QED) is 0.822. The summed E-state index contributed by atoms with van der Waals surface area (Å²) in [5, 5.41) is 3.76. The van der Waals surface area contributed by atoms with E-state index in [4.69, 9.17) is 16.3 Å². The Labute approximate surface area is 159 Å². The predicted octanol–water partition coefficient (Wildman–Crippen LogP) is 3.03. The third kappa shape index (κ3) is 5.08. The molecule has 26 heavy (non-hydrogen) atoms. The number of carbonyl (C=O) groups excluding carboxylic acids is 2. The first-order valence-electron chi connectivity index (χ1n) is 9.26. The molecule has 2 heterocycles. The average Bonchev–Trinajstić information content (AvgIpc) is 2.68. The molecular weight excluding hydrogens is 352 g/mol. The van der Waals surface area contributed by atoms with E-state index >= 15 is 0 Å². The third-order valence-corrected chi connectivity index (χ3v) is 5.20. The first-order valence-corrected chi connectivity index (χ1v) is 9.63. The van der Waals surface area contributed by atoms with Gasteiger partial charge in [0.2, 0.25) is 11.8 Å². The van der Waals surface area contributed by atoms with Crippen molar-refractivity contribution in [3.63, 3.8) is 0 Å². The first-order chi connectivity index (χ1) is 12.6. The molecule has 2 amide bonds. The number of amides is 2. The van der Waals surface area contributed by atoms with Crippen LogP contribution >= 0.6 is 11.6 Å². The van der Waals surface area contributed by atoms with Crippen LogP contribution in [0.25, 0.3) is 6.08 Å². The highest BCUT2D eigenvalue weighted by Gasteiger charge is 2.32. The van der Waals surface area contributed by atoms with Gasteiger partial charge in [-0.05, 0) is 55.9 Å². The van der Waals surface area contributed by atoms with Gasteiger partial charge >= 0.3 is 0 Å². The zero-order valence-electron chi connectivity index (χ0n) is 14.8. The summed E-state index contributed by atoms with van der Waals surface area (Å²) >= 11 is 5.88. The lowest BCUT2D eigenvalue weighted by atomic mass is 10.00. The molecule has 1 unspecified atom stereocenters. The van der Waals surface area contributed by atoms with Crippen molar-refractivity contribution in [2.75, 3.05) is 19.8 Å². The van der Waals surface area contributed by atoms with Crippen molar-refractivity contribution >= 4 is 29.5 Å². The van der Waals surface area contributed by atoms with Gasteiger partial charge in [0.1, 0.15) is 6.04 Å². The third-order valence-electron chi connectivity index (χ3n) is 4.94. The Morgan fingerprint density at radius 3 is 2.58 bits per heavy atom. The summed E-state index contributed by atoms with van der Waals surface area (Å²) in [6, 6.07) is 7.07. The minimum atomic E-state index is -0.381. The monoisotopic (exact) mass is 376 g/mol. The van der Waals surface area contributed by atoms with E-state index in [0.717, 1.165) is 37.7 Å². The van der Waals surface area contributed by atoms with Crippen molar-refractivity contribution in [1.29, 1.82) is 0 Å². The zero-order valence-corrected chi connectivity index (χ0v) is 15.6. The van der Waals surface area contributed by atoms with Gasteiger partial charge in [0.15, 0.2) is 0 Å². The molecule has 2 fully saturated rings. The highest BCUT2D eigenvalue weighted by molar-refractivity contribution is 6.30. The zero-order chi connectivity index (χ0) is 18.4. The van der Waals surface area contributed by atoms with E-state index in [1.165, 1.54) is 0 Å². The minimum Gasteiger partial charge on any atom is -0.381 e. The van der Waals surface area contributed by atoms with Gasteiger partial charge in [0.05, 0.1) is 0 Å². The van der Waals surface area contributed by atoms with Gasteiger partial charge in [-0.15, -0.1) is 0 Å². The van der Waals surface area contributed by atoms with Gasteiger partial charge in [0.25, 0.3) is 0 Å². The van der Waals surface area contributed by atoms with Gasteiger partial charge in [0, 0.05) is 36.9 Å². The minimum absolute atomic E-state index is 0.0372. The molecule has 0 bridgehead atoms. The van der Waals surface area contributed by atoms with Gasteiger partial charge in [-0.2, -0.15) is 0 Å².